The average Bonchev–Trinajstić information content (AvgIpc) is 2.59. The number of benzene rings is 1. The minimum atomic E-state index is -1.07. The fraction of sp³-hybridized carbons (Fsp3) is 0.455. The molecule has 0 amide bonds. The molecule has 1 aromatic heterocycles. The largest absolute Gasteiger partial charge is 0.479 e. The van der Waals surface area contributed by atoms with Crippen LogP contribution in [0.3, 0.4) is 0 Å². The van der Waals surface area contributed by atoms with E-state index in [0.717, 1.165) is 41.0 Å². The van der Waals surface area contributed by atoms with Gasteiger partial charge in [0, 0.05) is 36.5 Å². The highest BCUT2D eigenvalue weighted by atomic mass is 16.5. The monoisotopic (exact) mass is 368 g/mol. The zero-order chi connectivity index (χ0) is 19.8. The Morgan fingerprint density at radius 2 is 1.89 bits per heavy atom. The van der Waals surface area contributed by atoms with E-state index in [1.54, 1.807) is 0 Å². The molecule has 0 saturated heterocycles. The van der Waals surface area contributed by atoms with Crippen LogP contribution in [0.25, 0.3) is 11.1 Å². The Hall–Kier alpha value is -2.24. The van der Waals surface area contributed by atoms with Crippen LogP contribution in [0.15, 0.2) is 24.3 Å². The van der Waals surface area contributed by atoms with Crippen LogP contribution >= 0.6 is 0 Å². The summed E-state index contributed by atoms with van der Waals surface area (Å²) in [5, 5.41) is 13.4. The van der Waals surface area contributed by atoms with Gasteiger partial charge < -0.3 is 15.2 Å². The minimum absolute atomic E-state index is 0.589. The van der Waals surface area contributed by atoms with Gasteiger partial charge in [-0.15, -0.1) is 0 Å². The smallest absolute Gasteiger partial charge is 0.337 e. The Labute approximate surface area is 160 Å². The maximum atomic E-state index is 12.2. The van der Waals surface area contributed by atoms with Gasteiger partial charge in [-0.1, -0.05) is 29.8 Å². The van der Waals surface area contributed by atoms with E-state index in [9.17, 15) is 9.90 Å². The number of fused-ring (bicyclic) bond motifs is 1. The maximum Gasteiger partial charge on any atom is 0.337 e. The highest BCUT2D eigenvalue weighted by Gasteiger charge is 2.33. The van der Waals surface area contributed by atoms with Crippen molar-refractivity contribution in [1.29, 1.82) is 0 Å². The summed E-state index contributed by atoms with van der Waals surface area (Å²) in [6.45, 7) is 11.1. The molecule has 2 heterocycles. The number of nitrogens with one attached hydrogen (secondary N) is 1. The van der Waals surface area contributed by atoms with Gasteiger partial charge in [-0.25, -0.2) is 4.79 Å². The molecule has 0 spiro atoms. The lowest BCUT2D eigenvalue weighted by Gasteiger charge is -2.30. The zero-order valence-corrected chi connectivity index (χ0v) is 16.7. The summed E-state index contributed by atoms with van der Waals surface area (Å²) >= 11 is 0. The maximum absolute atomic E-state index is 12.2. The fourth-order valence-electron chi connectivity index (χ4n) is 3.59. The molecule has 0 saturated carbocycles. The number of pyridine rings is 1. The molecule has 0 bridgehead atoms. The van der Waals surface area contributed by atoms with E-state index in [4.69, 9.17) is 9.72 Å². The van der Waals surface area contributed by atoms with Crippen LogP contribution < -0.4 is 5.32 Å². The van der Waals surface area contributed by atoms with Crippen molar-refractivity contribution in [3.05, 3.63) is 52.3 Å². The third-order valence-electron chi connectivity index (χ3n) is 4.75. The standard InChI is InChI=1S/C22H28N2O3/c1-13-6-8-15(9-7-13)19-16-12-23-11-10-17(16)24-14(2)18(19)20(21(25)26)27-22(3,4)5/h6-9,20,23H,10-12H2,1-5H3,(H,25,26). The second kappa shape index (κ2) is 7.41. The lowest BCUT2D eigenvalue weighted by atomic mass is 9.87. The van der Waals surface area contributed by atoms with Crippen molar-refractivity contribution in [1.82, 2.24) is 10.3 Å². The third kappa shape index (κ3) is 4.20. The van der Waals surface area contributed by atoms with E-state index in [1.807, 2.05) is 34.6 Å². The topological polar surface area (TPSA) is 71.5 Å². The van der Waals surface area contributed by atoms with Crippen LogP contribution in [0.4, 0.5) is 0 Å². The third-order valence-corrected chi connectivity index (χ3v) is 4.75. The number of aromatic nitrogens is 1. The lowest BCUT2D eigenvalue weighted by molar-refractivity contribution is -0.160. The van der Waals surface area contributed by atoms with E-state index in [2.05, 4.69) is 29.6 Å². The second-order valence-corrected chi connectivity index (χ2v) is 8.15. The highest BCUT2D eigenvalue weighted by molar-refractivity contribution is 5.82. The summed E-state index contributed by atoms with van der Waals surface area (Å²) in [6, 6.07) is 8.22. The first kappa shape index (κ1) is 19.5. The Kier molecular flexibility index (Phi) is 5.36. The van der Waals surface area contributed by atoms with E-state index >= 15 is 0 Å². The van der Waals surface area contributed by atoms with Gasteiger partial charge in [0.25, 0.3) is 0 Å². The first-order chi connectivity index (χ1) is 12.7. The van der Waals surface area contributed by atoms with Crippen LogP contribution in [0, 0.1) is 13.8 Å². The number of nitrogens with zero attached hydrogens (tertiary/aromatic N) is 1. The van der Waals surface area contributed by atoms with E-state index < -0.39 is 17.7 Å². The molecule has 1 unspecified atom stereocenters. The normalized spacial score (nSPS) is 15.3. The molecule has 144 valence electrons. The predicted molar refractivity (Wildman–Crippen MR) is 106 cm³/mol. The summed E-state index contributed by atoms with van der Waals surface area (Å²) in [4.78, 5) is 16.9. The molecule has 5 heteroatoms. The number of carbonyl (C=O) groups is 1. The van der Waals surface area contributed by atoms with E-state index in [-0.39, 0.29) is 0 Å². The highest BCUT2D eigenvalue weighted by Crippen LogP contribution is 2.39. The van der Waals surface area contributed by atoms with Gasteiger partial charge in [-0.2, -0.15) is 0 Å². The summed E-state index contributed by atoms with van der Waals surface area (Å²) in [5.74, 6) is -0.994. The first-order valence-corrected chi connectivity index (χ1v) is 9.38. The van der Waals surface area contributed by atoms with E-state index in [1.165, 1.54) is 5.56 Å². The van der Waals surface area contributed by atoms with Crippen molar-refractivity contribution in [3.8, 4) is 11.1 Å². The minimum Gasteiger partial charge on any atom is -0.479 e. The molecule has 0 fully saturated rings. The number of carboxylic acid groups (broad SMARTS) is 1. The van der Waals surface area contributed by atoms with Crippen LogP contribution in [-0.4, -0.2) is 28.2 Å². The molecule has 0 radical (unpaired) electrons. The summed E-state index contributed by atoms with van der Waals surface area (Å²) in [7, 11) is 0. The zero-order valence-electron chi connectivity index (χ0n) is 16.7. The summed E-state index contributed by atoms with van der Waals surface area (Å²) in [6.07, 6.45) is -0.228. The van der Waals surface area contributed by atoms with Gasteiger partial charge >= 0.3 is 5.97 Å². The lowest BCUT2D eigenvalue weighted by Crippen LogP contribution is -2.31. The molecule has 2 aromatic rings. The molecule has 1 aliphatic heterocycles. The van der Waals surface area contributed by atoms with Crippen LogP contribution in [0.2, 0.25) is 0 Å². The van der Waals surface area contributed by atoms with Crippen molar-refractivity contribution in [3.63, 3.8) is 0 Å². The Bertz CT molecular complexity index is 851. The van der Waals surface area contributed by atoms with Gasteiger partial charge in [0.1, 0.15) is 0 Å². The van der Waals surface area contributed by atoms with Gasteiger partial charge in [-0.3, -0.25) is 4.98 Å². The number of aryl methyl sites for hydroxylation is 2. The predicted octanol–water partition coefficient (Wildman–Crippen LogP) is 3.95. The molecular weight excluding hydrogens is 340 g/mol. The first-order valence-electron chi connectivity index (χ1n) is 9.38. The number of carboxylic acids is 1. The van der Waals surface area contributed by atoms with Crippen molar-refractivity contribution < 1.29 is 14.6 Å². The number of hydrogen-bond donors (Lipinski definition) is 2. The van der Waals surface area contributed by atoms with Crippen molar-refractivity contribution in [2.75, 3.05) is 6.54 Å². The summed E-state index contributed by atoms with van der Waals surface area (Å²) in [5.41, 5.74) is 6.03. The number of rotatable bonds is 4. The number of aliphatic carboxylic acids is 1. The number of ether oxygens (including phenoxy) is 1. The van der Waals surface area contributed by atoms with Crippen molar-refractivity contribution >= 4 is 5.97 Å². The molecule has 27 heavy (non-hydrogen) atoms. The van der Waals surface area contributed by atoms with Crippen LogP contribution in [0.5, 0.6) is 0 Å². The molecule has 3 rings (SSSR count). The summed E-state index contributed by atoms with van der Waals surface area (Å²) < 4.78 is 5.98. The molecule has 1 aliphatic rings. The van der Waals surface area contributed by atoms with Gasteiger partial charge in [0.15, 0.2) is 6.10 Å². The molecule has 0 aliphatic carbocycles. The fourth-order valence-corrected chi connectivity index (χ4v) is 3.59. The SMILES string of the molecule is Cc1ccc(-c2c3c(nc(C)c2C(OC(C)(C)C)C(=O)O)CCNC3)cc1. The van der Waals surface area contributed by atoms with Crippen LogP contribution in [0.1, 0.15) is 55.0 Å². The van der Waals surface area contributed by atoms with Crippen molar-refractivity contribution in [2.45, 2.75) is 59.3 Å². The molecule has 2 N–H and O–H groups in total. The molecule has 1 aromatic carbocycles. The average molecular weight is 368 g/mol. The molecular formula is C22H28N2O3. The molecule has 1 atom stereocenters. The van der Waals surface area contributed by atoms with Gasteiger partial charge in [0.2, 0.25) is 0 Å². The van der Waals surface area contributed by atoms with Gasteiger partial charge in [0.05, 0.1) is 5.60 Å². The van der Waals surface area contributed by atoms with E-state index in [0.29, 0.717) is 12.1 Å². The molecule has 5 nitrogen and oxygen atoms in total. The Balaban J connectivity index is 2.28. The second-order valence-electron chi connectivity index (χ2n) is 8.15. The Morgan fingerprint density at radius 3 is 2.48 bits per heavy atom. The number of hydrogen-bond acceptors (Lipinski definition) is 4. The van der Waals surface area contributed by atoms with Crippen molar-refractivity contribution in [2.24, 2.45) is 0 Å². The Morgan fingerprint density at radius 1 is 1.22 bits per heavy atom. The van der Waals surface area contributed by atoms with Gasteiger partial charge in [-0.05, 0) is 51.3 Å². The van der Waals surface area contributed by atoms with Crippen LogP contribution in [-0.2, 0) is 22.5 Å². The quantitative estimate of drug-likeness (QED) is 0.855.